The molecule has 3 heteroatoms. The van der Waals surface area contributed by atoms with Gasteiger partial charge in [-0.1, -0.05) is 26.7 Å². The van der Waals surface area contributed by atoms with Gasteiger partial charge in [-0.15, -0.1) is 17.8 Å². The molecule has 0 amide bonds. The van der Waals surface area contributed by atoms with Gasteiger partial charge in [-0.3, -0.25) is 5.32 Å². The zero-order chi connectivity index (χ0) is 11.5. The molecule has 15 heavy (non-hydrogen) atoms. The lowest BCUT2D eigenvalue weighted by Crippen LogP contribution is -2.19. The predicted octanol–water partition coefficient (Wildman–Crippen LogP) is 2.72. The Morgan fingerprint density at radius 2 is 2.27 bits per heavy atom. The van der Waals surface area contributed by atoms with Crippen LogP contribution in [0.25, 0.3) is 0 Å². The summed E-state index contributed by atoms with van der Waals surface area (Å²) in [5, 5.41) is 6.46. The summed E-state index contributed by atoms with van der Waals surface area (Å²) >= 11 is 1.69. The largest absolute Gasteiger partial charge is 0.297 e. The van der Waals surface area contributed by atoms with E-state index in [1.807, 2.05) is 0 Å². The van der Waals surface area contributed by atoms with Gasteiger partial charge in [-0.2, -0.15) is 0 Å². The average Bonchev–Trinajstić information content (AvgIpc) is 2.62. The van der Waals surface area contributed by atoms with E-state index >= 15 is 0 Å². The van der Waals surface area contributed by atoms with Crippen LogP contribution >= 0.6 is 11.3 Å². The fourth-order valence-corrected chi connectivity index (χ4v) is 2.21. The van der Waals surface area contributed by atoms with Gasteiger partial charge in [-0.05, 0) is 6.92 Å². The first-order valence-corrected chi connectivity index (χ1v) is 5.96. The van der Waals surface area contributed by atoms with Crippen LogP contribution in [0.1, 0.15) is 44.4 Å². The first kappa shape index (κ1) is 12.2. The summed E-state index contributed by atoms with van der Waals surface area (Å²) in [6.07, 6.45) is 5.20. The van der Waals surface area contributed by atoms with Gasteiger partial charge in [0.1, 0.15) is 5.01 Å². The van der Waals surface area contributed by atoms with E-state index in [0.717, 1.165) is 10.7 Å². The van der Waals surface area contributed by atoms with E-state index in [2.05, 4.69) is 49.3 Å². The van der Waals surface area contributed by atoms with E-state index in [1.165, 1.54) is 0 Å². The van der Waals surface area contributed by atoms with Gasteiger partial charge in [0.05, 0.1) is 18.3 Å². The molecule has 2 nitrogen and oxygen atoms in total. The SMILES string of the molecule is C#CCN[C@@H](C)c1nc(C(C)(C)C)cs1. The number of nitrogens with zero attached hydrogens (tertiary/aromatic N) is 1. The molecule has 0 fully saturated rings. The number of thiazole rings is 1. The van der Waals surface area contributed by atoms with Crippen molar-refractivity contribution in [3.63, 3.8) is 0 Å². The summed E-state index contributed by atoms with van der Waals surface area (Å²) in [5.74, 6) is 2.57. The molecule has 0 bridgehead atoms. The van der Waals surface area contributed by atoms with Crippen molar-refractivity contribution in [1.82, 2.24) is 10.3 Å². The highest BCUT2D eigenvalue weighted by Crippen LogP contribution is 2.26. The Labute approximate surface area is 96.1 Å². The third-order valence-electron chi connectivity index (χ3n) is 2.17. The second-order valence-corrected chi connectivity index (χ2v) is 5.52. The molecule has 0 saturated carbocycles. The summed E-state index contributed by atoms with van der Waals surface area (Å²) in [4.78, 5) is 4.62. The molecule has 1 rings (SSSR count). The summed E-state index contributed by atoms with van der Waals surface area (Å²) < 4.78 is 0. The van der Waals surface area contributed by atoms with E-state index < -0.39 is 0 Å². The molecule has 1 heterocycles. The molecule has 0 unspecified atom stereocenters. The van der Waals surface area contributed by atoms with Crippen LogP contribution in [0.5, 0.6) is 0 Å². The second kappa shape index (κ2) is 4.78. The minimum absolute atomic E-state index is 0.126. The zero-order valence-corrected chi connectivity index (χ0v) is 10.6. The van der Waals surface area contributed by atoms with Crippen LogP contribution in [0.2, 0.25) is 0 Å². The molecule has 0 spiro atoms. The Hall–Kier alpha value is -0.850. The fourth-order valence-electron chi connectivity index (χ4n) is 1.13. The molecular weight excluding hydrogens is 204 g/mol. The van der Waals surface area contributed by atoms with Crippen molar-refractivity contribution in [2.24, 2.45) is 0 Å². The molecular formula is C12H18N2S. The summed E-state index contributed by atoms with van der Waals surface area (Å²) in [6.45, 7) is 9.19. The molecule has 0 aliphatic carbocycles. The van der Waals surface area contributed by atoms with Crippen molar-refractivity contribution >= 4 is 11.3 Å². The Kier molecular flexibility index (Phi) is 3.90. The van der Waals surface area contributed by atoms with Crippen molar-refractivity contribution in [3.8, 4) is 12.3 Å². The standard InChI is InChI=1S/C12H18N2S/c1-6-7-13-9(2)11-14-10(8-15-11)12(3,4)5/h1,8-9,13H,7H2,2-5H3/t9-/m0/s1. The lowest BCUT2D eigenvalue weighted by Gasteiger charge is -2.14. The lowest BCUT2D eigenvalue weighted by atomic mass is 9.93. The van der Waals surface area contributed by atoms with Crippen molar-refractivity contribution in [2.75, 3.05) is 6.54 Å². The lowest BCUT2D eigenvalue weighted by molar-refractivity contribution is 0.560. The molecule has 1 aromatic rings. The van der Waals surface area contributed by atoms with Gasteiger partial charge in [0.2, 0.25) is 0 Å². The fraction of sp³-hybridized carbons (Fsp3) is 0.583. The van der Waals surface area contributed by atoms with E-state index in [9.17, 15) is 0 Å². The van der Waals surface area contributed by atoms with Crippen molar-refractivity contribution in [2.45, 2.75) is 39.2 Å². The minimum atomic E-state index is 0.126. The van der Waals surface area contributed by atoms with Gasteiger partial charge < -0.3 is 0 Å². The van der Waals surface area contributed by atoms with Crippen LogP contribution in [0.3, 0.4) is 0 Å². The molecule has 0 aliphatic heterocycles. The van der Waals surface area contributed by atoms with Crippen LogP contribution in [0.15, 0.2) is 5.38 Å². The smallest absolute Gasteiger partial charge is 0.110 e. The van der Waals surface area contributed by atoms with Crippen molar-refractivity contribution in [1.29, 1.82) is 0 Å². The Balaban J connectivity index is 2.72. The zero-order valence-electron chi connectivity index (χ0n) is 9.79. The van der Waals surface area contributed by atoms with Crippen LogP contribution in [0, 0.1) is 12.3 Å². The first-order valence-electron chi connectivity index (χ1n) is 5.08. The number of aromatic nitrogens is 1. The molecule has 0 saturated heterocycles. The van der Waals surface area contributed by atoms with Crippen LogP contribution in [0.4, 0.5) is 0 Å². The maximum Gasteiger partial charge on any atom is 0.110 e. The number of rotatable bonds is 3. The maximum atomic E-state index is 5.20. The van der Waals surface area contributed by atoms with Crippen molar-refractivity contribution in [3.05, 3.63) is 16.1 Å². The van der Waals surface area contributed by atoms with Gasteiger partial charge in [0.15, 0.2) is 0 Å². The molecule has 1 N–H and O–H groups in total. The van der Waals surface area contributed by atoms with Crippen LogP contribution in [-0.2, 0) is 5.41 Å². The highest BCUT2D eigenvalue weighted by atomic mass is 32.1. The number of nitrogens with one attached hydrogen (secondary N) is 1. The first-order chi connectivity index (χ1) is 6.95. The number of hydrogen-bond donors (Lipinski definition) is 1. The topological polar surface area (TPSA) is 24.9 Å². The van der Waals surface area contributed by atoms with Gasteiger partial charge >= 0.3 is 0 Å². The second-order valence-electron chi connectivity index (χ2n) is 4.63. The Bertz CT molecular complexity index is 354. The van der Waals surface area contributed by atoms with Gasteiger partial charge in [0.25, 0.3) is 0 Å². The molecule has 0 radical (unpaired) electrons. The monoisotopic (exact) mass is 222 g/mol. The predicted molar refractivity (Wildman–Crippen MR) is 66.1 cm³/mol. The minimum Gasteiger partial charge on any atom is -0.297 e. The average molecular weight is 222 g/mol. The number of terminal acetylenes is 1. The van der Waals surface area contributed by atoms with Gasteiger partial charge in [0, 0.05) is 10.8 Å². The Morgan fingerprint density at radius 3 is 2.73 bits per heavy atom. The van der Waals surface area contributed by atoms with Crippen LogP contribution < -0.4 is 5.32 Å². The molecule has 1 aromatic heterocycles. The summed E-state index contributed by atoms with van der Waals surface area (Å²) in [7, 11) is 0. The highest BCUT2D eigenvalue weighted by molar-refractivity contribution is 7.09. The molecule has 1 atom stereocenters. The quantitative estimate of drug-likeness (QED) is 0.795. The molecule has 82 valence electrons. The third kappa shape index (κ3) is 3.33. The Morgan fingerprint density at radius 1 is 1.60 bits per heavy atom. The maximum absolute atomic E-state index is 5.20. The summed E-state index contributed by atoms with van der Waals surface area (Å²) in [6, 6.07) is 0.238. The molecule has 0 aliphatic rings. The molecule has 0 aromatic carbocycles. The third-order valence-corrected chi connectivity index (χ3v) is 3.20. The van der Waals surface area contributed by atoms with E-state index in [0.29, 0.717) is 6.54 Å². The van der Waals surface area contributed by atoms with Crippen molar-refractivity contribution < 1.29 is 0 Å². The van der Waals surface area contributed by atoms with E-state index in [1.54, 1.807) is 11.3 Å². The summed E-state index contributed by atoms with van der Waals surface area (Å²) in [5.41, 5.74) is 1.28. The van der Waals surface area contributed by atoms with E-state index in [4.69, 9.17) is 6.42 Å². The van der Waals surface area contributed by atoms with E-state index in [-0.39, 0.29) is 11.5 Å². The van der Waals surface area contributed by atoms with Crippen LogP contribution in [-0.4, -0.2) is 11.5 Å². The number of hydrogen-bond acceptors (Lipinski definition) is 3. The van der Waals surface area contributed by atoms with Gasteiger partial charge in [-0.25, -0.2) is 4.98 Å². The normalized spacial score (nSPS) is 13.5. The highest BCUT2D eigenvalue weighted by Gasteiger charge is 2.18.